The number of aryl methyl sites for hydroxylation is 2. The lowest BCUT2D eigenvalue weighted by Crippen LogP contribution is -2.14. The second-order valence-corrected chi connectivity index (χ2v) is 7.67. The average molecular weight is 414 g/mol. The van der Waals surface area contributed by atoms with Gasteiger partial charge in [-0.3, -0.25) is 4.79 Å². The van der Waals surface area contributed by atoms with Crippen LogP contribution in [-0.4, -0.2) is 18.5 Å². The number of nitrogens with one attached hydrogen (secondary N) is 1. The molecule has 0 spiro atoms. The van der Waals surface area contributed by atoms with Crippen molar-refractivity contribution in [2.45, 2.75) is 20.8 Å². The predicted molar refractivity (Wildman–Crippen MR) is 115 cm³/mol. The minimum absolute atomic E-state index is 0.256. The van der Waals surface area contributed by atoms with Crippen molar-refractivity contribution in [1.82, 2.24) is 0 Å². The topological polar surface area (TPSA) is 55.4 Å². The molecule has 28 heavy (non-hydrogen) atoms. The number of rotatable bonds is 5. The summed E-state index contributed by atoms with van der Waals surface area (Å²) in [6, 6.07) is 12.6. The van der Waals surface area contributed by atoms with Crippen molar-refractivity contribution in [3.63, 3.8) is 0 Å². The zero-order valence-corrected chi connectivity index (χ0v) is 17.4. The Kier molecular flexibility index (Phi) is 6.17. The zero-order chi connectivity index (χ0) is 20.3. The van der Waals surface area contributed by atoms with Crippen molar-refractivity contribution in [2.75, 3.05) is 11.9 Å². The molecular formula is C22H20ClNO3S. The first-order valence-electron chi connectivity index (χ1n) is 8.84. The van der Waals surface area contributed by atoms with Crippen molar-refractivity contribution in [1.29, 1.82) is 0 Å². The monoisotopic (exact) mass is 413 g/mol. The second-order valence-electron chi connectivity index (χ2n) is 6.35. The van der Waals surface area contributed by atoms with Crippen molar-refractivity contribution in [3.05, 3.63) is 75.1 Å². The number of hydrogen-bond acceptors (Lipinski definition) is 4. The molecule has 144 valence electrons. The van der Waals surface area contributed by atoms with Gasteiger partial charge in [-0.15, -0.1) is 11.3 Å². The number of ether oxygens (including phenoxy) is 1. The third kappa shape index (κ3) is 4.26. The number of amides is 1. The highest BCUT2D eigenvalue weighted by atomic mass is 35.5. The van der Waals surface area contributed by atoms with Crippen LogP contribution in [-0.2, 0) is 4.74 Å². The van der Waals surface area contributed by atoms with Crippen molar-refractivity contribution < 1.29 is 14.3 Å². The highest BCUT2D eigenvalue weighted by Gasteiger charge is 2.24. The minimum Gasteiger partial charge on any atom is -0.462 e. The van der Waals surface area contributed by atoms with Gasteiger partial charge in [0, 0.05) is 21.5 Å². The summed E-state index contributed by atoms with van der Waals surface area (Å²) in [5.74, 6) is -0.763. The highest BCUT2D eigenvalue weighted by molar-refractivity contribution is 7.15. The molecule has 3 aromatic rings. The maximum absolute atomic E-state index is 12.7. The lowest BCUT2D eigenvalue weighted by atomic mass is 9.97. The van der Waals surface area contributed by atoms with E-state index in [4.69, 9.17) is 16.3 Å². The van der Waals surface area contributed by atoms with E-state index in [2.05, 4.69) is 11.4 Å². The Labute approximate surface area is 173 Å². The van der Waals surface area contributed by atoms with Gasteiger partial charge >= 0.3 is 5.97 Å². The number of anilines is 1. The van der Waals surface area contributed by atoms with Gasteiger partial charge in [-0.2, -0.15) is 0 Å². The molecule has 3 rings (SSSR count). The predicted octanol–water partition coefficient (Wildman–Crippen LogP) is 6.11. The van der Waals surface area contributed by atoms with Gasteiger partial charge in [0.15, 0.2) is 0 Å². The molecule has 0 fully saturated rings. The molecule has 1 amide bonds. The van der Waals surface area contributed by atoms with E-state index in [1.54, 1.807) is 31.2 Å². The molecule has 4 nitrogen and oxygen atoms in total. The Hall–Kier alpha value is -2.63. The van der Waals surface area contributed by atoms with Gasteiger partial charge in [-0.05, 0) is 56.2 Å². The Morgan fingerprint density at radius 3 is 2.43 bits per heavy atom. The smallest absolute Gasteiger partial charge is 0.341 e. The van der Waals surface area contributed by atoms with E-state index >= 15 is 0 Å². The fourth-order valence-corrected chi connectivity index (χ4v) is 4.02. The van der Waals surface area contributed by atoms with Crippen LogP contribution >= 0.6 is 22.9 Å². The summed E-state index contributed by atoms with van der Waals surface area (Å²) in [7, 11) is 0. The van der Waals surface area contributed by atoms with E-state index in [9.17, 15) is 9.59 Å². The molecule has 0 aliphatic heterocycles. The molecule has 0 radical (unpaired) electrons. The molecule has 0 bridgehead atoms. The zero-order valence-electron chi connectivity index (χ0n) is 15.8. The maximum Gasteiger partial charge on any atom is 0.341 e. The Balaban J connectivity index is 2.01. The summed E-state index contributed by atoms with van der Waals surface area (Å²) in [6.07, 6.45) is 0. The van der Waals surface area contributed by atoms with E-state index in [0.29, 0.717) is 21.2 Å². The number of esters is 1. The Morgan fingerprint density at radius 1 is 1.07 bits per heavy atom. The fourth-order valence-electron chi connectivity index (χ4n) is 2.95. The van der Waals surface area contributed by atoms with Crippen molar-refractivity contribution >= 4 is 39.8 Å². The van der Waals surface area contributed by atoms with E-state index in [1.807, 2.05) is 31.4 Å². The number of hydrogen-bond donors (Lipinski definition) is 1. The van der Waals surface area contributed by atoms with E-state index in [0.717, 1.165) is 22.3 Å². The Bertz CT molecular complexity index is 1020. The molecule has 2 aromatic carbocycles. The number of benzene rings is 2. The summed E-state index contributed by atoms with van der Waals surface area (Å²) in [5.41, 5.74) is 4.73. The molecule has 0 aliphatic rings. The molecule has 1 heterocycles. The van der Waals surface area contributed by atoms with Crippen LogP contribution in [0.2, 0.25) is 5.02 Å². The quantitative estimate of drug-likeness (QED) is 0.513. The highest BCUT2D eigenvalue weighted by Crippen LogP contribution is 2.38. The van der Waals surface area contributed by atoms with Gasteiger partial charge in [0.2, 0.25) is 0 Å². The molecular weight excluding hydrogens is 394 g/mol. The van der Waals surface area contributed by atoms with Crippen LogP contribution in [0, 0.1) is 13.8 Å². The first kappa shape index (κ1) is 20.1. The molecule has 1 N–H and O–H groups in total. The van der Waals surface area contributed by atoms with Gasteiger partial charge in [0.25, 0.3) is 5.91 Å². The van der Waals surface area contributed by atoms with Gasteiger partial charge in [-0.1, -0.05) is 35.4 Å². The van der Waals surface area contributed by atoms with Crippen LogP contribution in [0.1, 0.15) is 38.8 Å². The molecule has 1 aromatic heterocycles. The standard InChI is InChI=1S/C22H20ClNO3S/c1-4-27-22(26)19-18(17-10-5-13(2)11-14(17)3)12-28-21(19)24-20(25)15-6-8-16(23)9-7-15/h5-12H,4H2,1-3H3,(H,24,25). The molecule has 0 aliphatic carbocycles. The molecule has 0 atom stereocenters. The van der Waals surface area contributed by atoms with Crippen LogP contribution in [0.25, 0.3) is 11.1 Å². The van der Waals surface area contributed by atoms with Crippen molar-refractivity contribution in [3.8, 4) is 11.1 Å². The first-order chi connectivity index (χ1) is 13.4. The SMILES string of the molecule is CCOC(=O)c1c(-c2ccc(C)cc2C)csc1NC(=O)c1ccc(Cl)cc1. The van der Waals surface area contributed by atoms with Crippen LogP contribution in [0.5, 0.6) is 0 Å². The fraction of sp³-hybridized carbons (Fsp3) is 0.182. The summed E-state index contributed by atoms with van der Waals surface area (Å²) in [5, 5.41) is 5.74. The van der Waals surface area contributed by atoms with E-state index in [1.165, 1.54) is 11.3 Å². The summed E-state index contributed by atoms with van der Waals surface area (Å²) < 4.78 is 5.25. The Morgan fingerprint density at radius 2 is 1.79 bits per heavy atom. The van der Waals surface area contributed by atoms with Crippen LogP contribution < -0.4 is 5.32 Å². The van der Waals surface area contributed by atoms with Gasteiger partial charge in [0.1, 0.15) is 10.6 Å². The van der Waals surface area contributed by atoms with Gasteiger partial charge in [-0.25, -0.2) is 4.79 Å². The van der Waals surface area contributed by atoms with Crippen LogP contribution in [0.3, 0.4) is 0 Å². The molecule has 0 saturated carbocycles. The minimum atomic E-state index is -0.454. The lowest BCUT2D eigenvalue weighted by Gasteiger charge is -2.11. The summed E-state index contributed by atoms with van der Waals surface area (Å²) in [4.78, 5) is 25.3. The molecule has 0 saturated heterocycles. The largest absolute Gasteiger partial charge is 0.462 e. The third-order valence-corrected chi connectivity index (χ3v) is 5.42. The first-order valence-corrected chi connectivity index (χ1v) is 10.1. The lowest BCUT2D eigenvalue weighted by molar-refractivity contribution is 0.0529. The number of carbonyl (C=O) groups is 2. The van der Waals surface area contributed by atoms with Crippen LogP contribution in [0.4, 0.5) is 5.00 Å². The molecule has 0 unspecified atom stereocenters. The number of carbonyl (C=O) groups excluding carboxylic acids is 2. The normalized spacial score (nSPS) is 10.6. The number of thiophene rings is 1. The third-order valence-electron chi connectivity index (χ3n) is 4.28. The number of halogens is 1. The average Bonchev–Trinajstić information content (AvgIpc) is 3.05. The maximum atomic E-state index is 12.7. The molecule has 6 heteroatoms. The van der Waals surface area contributed by atoms with E-state index in [-0.39, 0.29) is 12.5 Å². The van der Waals surface area contributed by atoms with E-state index < -0.39 is 5.97 Å². The van der Waals surface area contributed by atoms with Crippen LogP contribution in [0.15, 0.2) is 47.8 Å². The second kappa shape index (κ2) is 8.59. The van der Waals surface area contributed by atoms with Gasteiger partial charge < -0.3 is 10.1 Å². The summed E-state index contributed by atoms with van der Waals surface area (Å²) >= 11 is 7.19. The van der Waals surface area contributed by atoms with Gasteiger partial charge in [0.05, 0.1) is 6.61 Å². The van der Waals surface area contributed by atoms with Crippen molar-refractivity contribution in [2.24, 2.45) is 0 Å². The summed E-state index contributed by atoms with van der Waals surface area (Å²) in [6.45, 7) is 6.04.